The van der Waals surface area contributed by atoms with Gasteiger partial charge in [0.05, 0.1) is 12.2 Å². The second-order valence-corrected chi connectivity index (χ2v) is 5.22. The van der Waals surface area contributed by atoms with E-state index in [-0.39, 0.29) is 0 Å². The summed E-state index contributed by atoms with van der Waals surface area (Å²) in [7, 11) is 0. The first-order valence-corrected chi connectivity index (χ1v) is 6.33. The molecule has 3 fully saturated rings. The van der Waals surface area contributed by atoms with Crippen molar-refractivity contribution in [1.29, 1.82) is 0 Å². The quantitative estimate of drug-likeness (QED) is 0.729. The minimum absolute atomic E-state index is 0.557. The molecule has 3 aliphatic rings. The molecule has 3 unspecified atom stereocenters. The maximum atomic E-state index is 5.86. The maximum absolute atomic E-state index is 5.86. The molecule has 1 saturated carbocycles. The van der Waals surface area contributed by atoms with Crippen molar-refractivity contribution in [2.75, 3.05) is 0 Å². The summed E-state index contributed by atoms with van der Waals surface area (Å²) in [5, 5.41) is 3.82. The minimum atomic E-state index is 0.557. The summed E-state index contributed by atoms with van der Waals surface area (Å²) in [6.45, 7) is 0. The predicted octanol–water partition coefficient (Wildman–Crippen LogP) is 2.23. The number of hydrogen-bond acceptors (Lipinski definition) is 2. The Kier molecular flexibility index (Phi) is 2.50. The van der Waals surface area contributed by atoms with Gasteiger partial charge in [0.1, 0.15) is 0 Å². The molecule has 0 aromatic carbocycles. The van der Waals surface area contributed by atoms with Crippen LogP contribution in [-0.2, 0) is 4.74 Å². The van der Waals surface area contributed by atoms with Gasteiger partial charge in [0.15, 0.2) is 0 Å². The monoisotopic (exact) mass is 195 g/mol. The third-order valence-electron chi connectivity index (χ3n) is 4.16. The highest BCUT2D eigenvalue weighted by atomic mass is 16.5. The van der Waals surface area contributed by atoms with Crippen molar-refractivity contribution in [3.8, 4) is 0 Å². The van der Waals surface area contributed by atoms with Crippen molar-refractivity contribution >= 4 is 0 Å². The van der Waals surface area contributed by atoms with E-state index in [1.54, 1.807) is 0 Å². The van der Waals surface area contributed by atoms with Gasteiger partial charge in [0, 0.05) is 12.1 Å². The summed E-state index contributed by atoms with van der Waals surface area (Å²) in [5.41, 5.74) is 0. The number of rotatable bonds is 2. The lowest BCUT2D eigenvalue weighted by molar-refractivity contribution is 0.0951. The van der Waals surface area contributed by atoms with Crippen LogP contribution in [0, 0.1) is 0 Å². The van der Waals surface area contributed by atoms with E-state index >= 15 is 0 Å². The summed E-state index contributed by atoms with van der Waals surface area (Å²) >= 11 is 0. The van der Waals surface area contributed by atoms with E-state index in [1.807, 2.05) is 0 Å². The Balaban J connectivity index is 1.52. The lowest BCUT2D eigenvalue weighted by Crippen LogP contribution is -2.44. The van der Waals surface area contributed by atoms with E-state index in [4.69, 9.17) is 4.74 Å². The molecule has 0 amide bonds. The number of nitrogens with one attached hydrogen (secondary N) is 1. The fourth-order valence-corrected chi connectivity index (χ4v) is 3.39. The second-order valence-electron chi connectivity index (χ2n) is 5.22. The first-order chi connectivity index (χ1) is 6.92. The van der Waals surface area contributed by atoms with Crippen molar-refractivity contribution in [3.05, 3.63) is 0 Å². The third-order valence-corrected chi connectivity index (χ3v) is 4.16. The van der Waals surface area contributed by atoms with Crippen LogP contribution in [0.4, 0.5) is 0 Å². The Morgan fingerprint density at radius 1 is 0.929 bits per heavy atom. The Labute approximate surface area is 86.4 Å². The Hall–Kier alpha value is -0.0800. The molecular weight excluding hydrogens is 174 g/mol. The molecule has 0 aromatic heterocycles. The van der Waals surface area contributed by atoms with Crippen molar-refractivity contribution in [2.45, 2.75) is 75.7 Å². The Bertz CT molecular complexity index is 200. The Morgan fingerprint density at radius 2 is 1.79 bits per heavy atom. The van der Waals surface area contributed by atoms with Crippen LogP contribution in [0.3, 0.4) is 0 Å². The van der Waals surface area contributed by atoms with Gasteiger partial charge in [-0.15, -0.1) is 0 Å². The van der Waals surface area contributed by atoms with E-state index in [1.165, 1.54) is 51.4 Å². The first-order valence-electron chi connectivity index (χ1n) is 6.33. The second kappa shape index (κ2) is 3.82. The van der Waals surface area contributed by atoms with Crippen molar-refractivity contribution in [1.82, 2.24) is 5.32 Å². The molecule has 2 nitrogen and oxygen atoms in total. The number of ether oxygens (including phenoxy) is 1. The molecule has 3 rings (SSSR count). The molecule has 0 radical (unpaired) electrons. The van der Waals surface area contributed by atoms with E-state index in [0.29, 0.717) is 18.2 Å². The van der Waals surface area contributed by atoms with Crippen LogP contribution in [0.1, 0.15) is 51.4 Å². The van der Waals surface area contributed by atoms with Crippen LogP contribution >= 0.6 is 0 Å². The highest BCUT2D eigenvalue weighted by Gasteiger charge is 2.41. The molecule has 2 heteroatoms. The molecule has 80 valence electrons. The summed E-state index contributed by atoms with van der Waals surface area (Å²) in [6.07, 6.45) is 12.2. The molecule has 0 aromatic rings. The summed E-state index contributed by atoms with van der Waals surface area (Å²) < 4.78 is 5.86. The zero-order chi connectivity index (χ0) is 9.38. The van der Waals surface area contributed by atoms with Gasteiger partial charge in [-0.2, -0.15) is 0 Å². The van der Waals surface area contributed by atoms with E-state index < -0.39 is 0 Å². The summed E-state index contributed by atoms with van der Waals surface area (Å²) in [6, 6.07) is 1.49. The van der Waals surface area contributed by atoms with Gasteiger partial charge in [0.25, 0.3) is 0 Å². The highest BCUT2D eigenvalue weighted by molar-refractivity contribution is 4.95. The van der Waals surface area contributed by atoms with Crippen LogP contribution in [0.2, 0.25) is 0 Å². The third kappa shape index (κ3) is 1.70. The number of fused-ring (bicyclic) bond motifs is 2. The fraction of sp³-hybridized carbons (Fsp3) is 1.00. The largest absolute Gasteiger partial charge is 0.373 e. The lowest BCUT2D eigenvalue weighted by atomic mass is 9.91. The average molecular weight is 195 g/mol. The Morgan fingerprint density at radius 3 is 2.43 bits per heavy atom. The minimum Gasteiger partial charge on any atom is -0.373 e. The molecule has 2 bridgehead atoms. The van der Waals surface area contributed by atoms with Crippen LogP contribution in [0.25, 0.3) is 0 Å². The molecular formula is C12H21NO. The van der Waals surface area contributed by atoms with E-state index in [9.17, 15) is 0 Å². The molecule has 1 N–H and O–H groups in total. The molecule has 3 atom stereocenters. The van der Waals surface area contributed by atoms with Crippen LogP contribution in [0.15, 0.2) is 0 Å². The van der Waals surface area contributed by atoms with Gasteiger partial charge in [-0.25, -0.2) is 0 Å². The van der Waals surface area contributed by atoms with Crippen LogP contribution in [-0.4, -0.2) is 24.3 Å². The standard InChI is InChI=1S/C12H21NO/c1-2-4-9(5-3-1)13-11-8-10-6-7-12(11)14-10/h9-13H,1-8H2. The lowest BCUT2D eigenvalue weighted by Gasteiger charge is -2.29. The molecule has 14 heavy (non-hydrogen) atoms. The smallest absolute Gasteiger partial charge is 0.0733 e. The summed E-state index contributed by atoms with van der Waals surface area (Å²) in [4.78, 5) is 0. The first kappa shape index (κ1) is 9.17. The topological polar surface area (TPSA) is 21.3 Å². The van der Waals surface area contributed by atoms with E-state index in [0.717, 1.165) is 6.04 Å². The van der Waals surface area contributed by atoms with Gasteiger partial charge in [0.2, 0.25) is 0 Å². The maximum Gasteiger partial charge on any atom is 0.0733 e. The molecule has 0 spiro atoms. The van der Waals surface area contributed by atoms with Crippen LogP contribution in [0.5, 0.6) is 0 Å². The molecule has 2 heterocycles. The van der Waals surface area contributed by atoms with Crippen LogP contribution < -0.4 is 5.32 Å². The van der Waals surface area contributed by atoms with Gasteiger partial charge in [-0.05, 0) is 32.1 Å². The average Bonchev–Trinajstić information content (AvgIpc) is 2.81. The van der Waals surface area contributed by atoms with Crippen molar-refractivity contribution in [2.24, 2.45) is 0 Å². The molecule has 1 aliphatic carbocycles. The summed E-state index contributed by atoms with van der Waals surface area (Å²) in [5.74, 6) is 0. The van der Waals surface area contributed by atoms with Crippen molar-refractivity contribution < 1.29 is 4.74 Å². The number of hydrogen-bond donors (Lipinski definition) is 1. The zero-order valence-electron chi connectivity index (χ0n) is 8.87. The zero-order valence-corrected chi connectivity index (χ0v) is 8.87. The van der Waals surface area contributed by atoms with Gasteiger partial charge < -0.3 is 10.1 Å². The van der Waals surface area contributed by atoms with E-state index in [2.05, 4.69) is 5.32 Å². The predicted molar refractivity (Wildman–Crippen MR) is 56.3 cm³/mol. The normalized spacial score (nSPS) is 43.3. The van der Waals surface area contributed by atoms with Crippen molar-refractivity contribution in [3.63, 3.8) is 0 Å². The fourth-order valence-electron chi connectivity index (χ4n) is 3.39. The SMILES string of the molecule is C1CCC(NC2CC3CCC2O3)CC1. The molecule has 2 aliphatic heterocycles. The molecule has 2 saturated heterocycles. The van der Waals surface area contributed by atoms with Gasteiger partial charge in [-0.1, -0.05) is 19.3 Å². The van der Waals surface area contributed by atoms with Gasteiger partial charge >= 0.3 is 0 Å². The highest BCUT2D eigenvalue weighted by Crippen LogP contribution is 2.35. The van der Waals surface area contributed by atoms with Gasteiger partial charge in [-0.3, -0.25) is 0 Å².